The van der Waals surface area contributed by atoms with Gasteiger partial charge >= 0.3 is 0 Å². The average molecular weight is 553 g/mol. The molecule has 0 aliphatic rings. The second kappa shape index (κ2) is 14.5. The third-order valence-corrected chi connectivity index (χ3v) is 5.87. The van der Waals surface area contributed by atoms with Crippen molar-refractivity contribution in [1.82, 2.24) is 0 Å². The average Bonchev–Trinajstić information content (AvgIpc) is 2.76. The van der Waals surface area contributed by atoms with E-state index in [-0.39, 0.29) is 5.78 Å². The molecule has 0 spiro atoms. The predicted molar refractivity (Wildman–Crippen MR) is 137 cm³/mol. The fourth-order valence-electron chi connectivity index (χ4n) is 2.27. The van der Waals surface area contributed by atoms with E-state index in [0.717, 1.165) is 39.3 Å². The van der Waals surface area contributed by atoms with Crippen LogP contribution in [0.1, 0.15) is 56.0 Å². The second-order valence-corrected chi connectivity index (χ2v) is 9.24. The molecule has 30 heavy (non-hydrogen) atoms. The van der Waals surface area contributed by atoms with Gasteiger partial charge in [-0.05, 0) is 74.1 Å². The number of ketones is 1. The van der Waals surface area contributed by atoms with Gasteiger partial charge in [0.1, 0.15) is 0 Å². The van der Waals surface area contributed by atoms with Crippen molar-refractivity contribution in [1.29, 1.82) is 0 Å². The number of benzene rings is 2. The van der Waals surface area contributed by atoms with Gasteiger partial charge in [0.2, 0.25) is 5.78 Å². The number of halogens is 2. The van der Waals surface area contributed by atoms with E-state index in [4.69, 9.17) is 0 Å². The van der Waals surface area contributed by atoms with Crippen molar-refractivity contribution in [2.45, 2.75) is 40.0 Å². The van der Waals surface area contributed by atoms with Crippen LogP contribution in [-0.4, -0.2) is 22.9 Å². The van der Waals surface area contributed by atoms with E-state index >= 15 is 0 Å². The number of hydrogen-bond acceptors (Lipinski definition) is 4. The standard InChI is InChI=1S/C18H15Br2NO.C6H12OS/c1-12(14-3-7-16(19)8-4-14)11-21-13(2)18(22)15-5-9-17(20)10-6-15;1-3-4-5-6(7)8-2/h3-11H,1-2H3;3-5H2,1-2H3/b12-11+,21-13?;. The summed E-state index contributed by atoms with van der Waals surface area (Å²) >= 11 is 8.10. The number of Topliss-reactive ketones (excluding diaryl/α,β-unsaturated/α-hetero) is 1. The molecular formula is C24H27Br2NO2S. The molecule has 2 aromatic rings. The monoisotopic (exact) mass is 551 g/mol. The molecule has 160 valence electrons. The van der Waals surface area contributed by atoms with Crippen LogP contribution < -0.4 is 0 Å². The first kappa shape index (κ1) is 26.5. The van der Waals surface area contributed by atoms with Crippen LogP contribution in [0.25, 0.3) is 5.57 Å². The molecule has 3 nitrogen and oxygen atoms in total. The summed E-state index contributed by atoms with van der Waals surface area (Å²) in [5.41, 5.74) is 3.20. The Morgan fingerprint density at radius 3 is 1.90 bits per heavy atom. The molecule has 0 aliphatic heterocycles. The maximum absolute atomic E-state index is 12.3. The van der Waals surface area contributed by atoms with Gasteiger partial charge in [0.25, 0.3) is 0 Å². The molecule has 0 saturated heterocycles. The van der Waals surface area contributed by atoms with Crippen molar-refractivity contribution in [3.05, 3.63) is 74.8 Å². The van der Waals surface area contributed by atoms with Crippen LogP contribution in [0.4, 0.5) is 0 Å². The Labute approximate surface area is 200 Å². The summed E-state index contributed by atoms with van der Waals surface area (Å²) in [5.74, 6) is -0.0626. The van der Waals surface area contributed by atoms with Crippen molar-refractivity contribution in [2.24, 2.45) is 4.99 Å². The molecule has 0 aromatic heterocycles. The quantitative estimate of drug-likeness (QED) is 0.258. The van der Waals surface area contributed by atoms with Crippen molar-refractivity contribution in [2.75, 3.05) is 6.26 Å². The van der Waals surface area contributed by atoms with Crippen LogP contribution in [0, 0.1) is 0 Å². The van der Waals surface area contributed by atoms with Gasteiger partial charge in [0, 0.05) is 27.1 Å². The second-order valence-electron chi connectivity index (χ2n) is 6.55. The Kier molecular flexibility index (Phi) is 12.8. The van der Waals surface area contributed by atoms with E-state index in [1.54, 1.807) is 25.3 Å². The summed E-state index contributed by atoms with van der Waals surface area (Å²) in [4.78, 5) is 27.1. The number of nitrogens with zero attached hydrogens (tertiary/aromatic N) is 1. The Morgan fingerprint density at radius 2 is 1.43 bits per heavy atom. The molecule has 2 aromatic carbocycles. The smallest absolute Gasteiger partial charge is 0.206 e. The van der Waals surface area contributed by atoms with Crippen molar-refractivity contribution in [3.8, 4) is 0 Å². The van der Waals surface area contributed by atoms with Crippen LogP contribution in [0.15, 0.2) is 68.7 Å². The summed E-state index contributed by atoms with van der Waals surface area (Å²) < 4.78 is 1.98. The zero-order valence-corrected chi connectivity index (χ0v) is 21.7. The highest BCUT2D eigenvalue weighted by atomic mass is 79.9. The van der Waals surface area contributed by atoms with Crippen LogP contribution in [0.5, 0.6) is 0 Å². The molecule has 0 aliphatic carbocycles. The lowest BCUT2D eigenvalue weighted by Gasteiger charge is -2.02. The summed E-state index contributed by atoms with van der Waals surface area (Å²) in [6, 6.07) is 15.3. The van der Waals surface area contributed by atoms with Gasteiger partial charge in [-0.1, -0.05) is 69.1 Å². The molecule has 0 N–H and O–H groups in total. The Hall–Kier alpha value is -1.50. The van der Waals surface area contributed by atoms with Gasteiger partial charge < -0.3 is 0 Å². The number of unbranched alkanes of at least 4 members (excludes halogenated alkanes) is 1. The topological polar surface area (TPSA) is 46.5 Å². The third-order valence-electron chi connectivity index (χ3n) is 4.15. The van der Waals surface area contributed by atoms with E-state index in [9.17, 15) is 9.59 Å². The summed E-state index contributed by atoms with van der Waals surface area (Å²) in [6.07, 6.45) is 6.47. The van der Waals surface area contributed by atoms with Crippen molar-refractivity contribution >= 4 is 65.8 Å². The zero-order chi connectivity index (χ0) is 22.5. The normalized spacial score (nSPS) is 11.5. The minimum absolute atomic E-state index is 0.0626. The number of hydrogen-bond donors (Lipinski definition) is 0. The zero-order valence-electron chi connectivity index (χ0n) is 17.7. The van der Waals surface area contributed by atoms with Crippen molar-refractivity contribution in [3.63, 3.8) is 0 Å². The Morgan fingerprint density at radius 1 is 0.933 bits per heavy atom. The van der Waals surface area contributed by atoms with Gasteiger partial charge in [-0.25, -0.2) is 0 Å². The first-order valence-electron chi connectivity index (χ1n) is 9.62. The lowest BCUT2D eigenvalue weighted by molar-refractivity contribution is -0.111. The van der Waals surface area contributed by atoms with Crippen LogP contribution in [0.3, 0.4) is 0 Å². The number of carbonyl (C=O) groups is 2. The highest BCUT2D eigenvalue weighted by Crippen LogP contribution is 2.18. The van der Waals surface area contributed by atoms with Crippen molar-refractivity contribution < 1.29 is 9.59 Å². The van der Waals surface area contributed by atoms with E-state index in [0.29, 0.717) is 16.4 Å². The van der Waals surface area contributed by atoms with Gasteiger partial charge in [-0.15, -0.1) is 0 Å². The molecule has 0 radical (unpaired) electrons. The largest absolute Gasteiger partial charge is 0.287 e. The van der Waals surface area contributed by atoms with E-state index < -0.39 is 0 Å². The van der Waals surface area contributed by atoms with Gasteiger partial charge in [-0.2, -0.15) is 0 Å². The number of allylic oxidation sites excluding steroid dienone is 1. The first-order chi connectivity index (χ1) is 14.3. The van der Waals surface area contributed by atoms with Crippen LogP contribution >= 0.6 is 43.6 Å². The fraction of sp³-hybridized carbons (Fsp3) is 0.292. The molecule has 0 bridgehead atoms. The molecule has 2 rings (SSSR count). The van der Waals surface area contributed by atoms with Gasteiger partial charge in [0.15, 0.2) is 5.12 Å². The molecule has 0 unspecified atom stereocenters. The maximum atomic E-state index is 12.3. The molecule has 0 amide bonds. The highest BCUT2D eigenvalue weighted by molar-refractivity contribution is 9.10. The maximum Gasteiger partial charge on any atom is 0.206 e. The molecule has 0 heterocycles. The van der Waals surface area contributed by atoms with Crippen LogP contribution in [-0.2, 0) is 4.79 Å². The fourth-order valence-corrected chi connectivity index (χ4v) is 3.15. The SMILES string of the molecule is CC(=N/C=C(\C)c1ccc(Br)cc1)C(=O)c1ccc(Br)cc1.CCCCC(=O)SC. The number of aliphatic imine (C=N–C) groups is 1. The predicted octanol–water partition coefficient (Wildman–Crippen LogP) is 7.98. The summed E-state index contributed by atoms with van der Waals surface area (Å²) in [7, 11) is 0. The minimum Gasteiger partial charge on any atom is -0.287 e. The summed E-state index contributed by atoms with van der Waals surface area (Å²) in [5, 5.41) is 0.312. The lowest BCUT2D eigenvalue weighted by Crippen LogP contribution is -2.09. The molecule has 6 heteroatoms. The number of rotatable bonds is 7. The summed E-state index contributed by atoms with van der Waals surface area (Å²) in [6.45, 7) is 5.80. The van der Waals surface area contributed by atoms with E-state index in [1.807, 2.05) is 49.6 Å². The minimum atomic E-state index is -0.0626. The molecular weight excluding hydrogens is 526 g/mol. The van der Waals surface area contributed by atoms with E-state index in [2.05, 4.69) is 43.8 Å². The first-order valence-corrected chi connectivity index (χ1v) is 12.4. The third kappa shape index (κ3) is 10.0. The van der Waals surface area contributed by atoms with Gasteiger partial charge in [0.05, 0.1) is 5.71 Å². The van der Waals surface area contributed by atoms with E-state index in [1.165, 1.54) is 11.8 Å². The van der Waals surface area contributed by atoms with Crippen LogP contribution in [0.2, 0.25) is 0 Å². The molecule has 0 fully saturated rings. The Balaban J connectivity index is 0.000000479. The highest BCUT2D eigenvalue weighted by Gasteiger charge is 2.08. The number of thioether (sulfide) groups is 1. The Bertz CT molecular complexity index is 888. The number of carbonyl (C=O) groups excluding carboxylic acids is 2. The molecule has 0 atom stereocenters. The lowest BCUT2D eigenvalue weighted by atomic mass is 10.1. The molecule has 0 saturated carbocycles. The van der Waals surface area contributed by atoms with Gasteiger partial charge in [-0.3, -0.25) is 14.6 Å².